The molecule has 1 aromatic rings. The molecule has 0 aromatic heterocycles. The van der Waals surface area contributed by atoms with Crippen molar-refractivity contribution in [1.29, 1.82) is 0 Å². The number of esters is 1. The Morgan fingerprint density at radius 2 is 1.51 bits per heavy atom. The zero-order valence-electron chi connectivity index (χ0n) is 22.8. The first-order valence-electron chi connectivity index (χ1n) is 12.8. The fourth-order valence-electron chi connectivity index (χ4n) is 4.33. The lowest BCUT2D eigenvalue weighted by atomic mass is 10.1. The molecule has 8 nitrogen and oxygen atoms in total. The molecule has 8 heteroatoms. The van der Waals surface area contributed by atoms with Gasteiger partial charge in [-0.15, -0.1) is 4.48 Å². The van der Waals surface area contributed by atoms with E-state index in [0.717, 1.165) is 24.0 Å². The predicted molar refractivity (Wildman–Crippen MR) is 138 cm³/mol. The van der Waals surface area contributed by atoms with Crippen molar-refractivity contribution in [1.82, 2.24) is 0 Å². The summed E-state index contributed by atoms with van der Waals surface area (Å²) < 4.78 is 22.2. The zero-order chi connectivity index (χ0) is 27.3. The van der Waals surface area contributed by atoms with Gasteiger partial charge in [0.2, 0.25) is 6.04 Å². The number of allylic oxidation sites excluding steroid dienone is 2. The minimum Gasteiger partial charge on any atom is -0.456 e. The highest BCUT2D eigenvalue weighted by atomic mass is 16.6. The van der Waals surface area contributed by atoms with Crippen LogP contribution < -0.4 is 0 Å². The molecule has 202 valence electrons. The lowest BCUT2D eigenvalue weighted by molar-refractivity contribution is -0.793. The molecule has 0 spiro atoms. The fourth-order valence-corrected chi connectivity index (χ4v) is 4.33. The van der Waals surface area contributed by atoms with E-state index in [-0.39, 0.29) is 19.6 Å². The minimum atomic E-state index is -1.17. The van der Waals surface area contributed by atoms with Gasteiger partial charge in [0.25, 0.3) is 0 Å². The smallest absolute Gasteiger partial charge is 0.456 e. The van der Waals surface area contributed by atoms with E-state index in [4.69, 9.17) is 18.9 Å². The van der Waals surface area contributed by atoms with Gasteiger partial charge in [-0.2, -0.15) is 9.59 Å². The SMILES string of the molecule is CC(C)(C)OC(=O)[N+]1(C(=O)OC(C)(C)C)CC(OCC2=CCCC=C2)C[C@@H]1C(=O)OCc1ccccc1. The van der Waals surface area contributed by atoms with Crippen molar-refractivity contribution in [2.24, 2.45) is 0 Å². The van der Waals surface area contributed by atoms with Crippen LogP contribution in [0.15, 0.2) is 54.1 Å². The molecule has 1 aliphatic carbocycles. The third-order valence-corrected chi connectivity index (χ3v) is 6.00. The van der Waals surface area contributed by atoms with E-state index in [2.05, 4.69) is 12.2 Å². The summed E-state index contributed by atoms with van der Waals surface area (Å²) in [6, 6.07) is 8.06. The summed E-state index contributed by atoms with van der Waals surface area (Å²) in [5, 5.41) is 0. The summed E-state index contributed by atoms with van der Waals surface area (Å²) in [7, 11) is 0. The lowest BCUT2D eigenvalue weighted by Crippen LogP contribution is -2.64. The molecule has 1 aliphatic heterocycles. The molecule has 0 N–H and O–H groups in total. The first-order valence-corrected chi connectivity index (χ1v) is 12.8. The van der Waals surface area contributed by atoms with E-state index in [1.807, 2.05) is 36.4 Å². The number of quaternary nitrogens is 1. The van der Waals surface area contributed by atoms with E-state index in [1.165, 1.54) is 0 Å². The van der Waals surface area contributed by atoms with Crippen LogP contribution in [0.5, 0.6) is 0 Å². The van der Waals surface area contributed by atoms with Gasteiger partial charge in [-0.1, -0.05) is 48.6 Å². The molecule has 0 bridgehead atoms. The Kier molecular flexibility index (Phi) is 8.97. The van der Waals surface area contributed by atoms with Crippen LogP contribution in [-0.2, 0) is 30.3 Å². The van der Waals surface area contributed by atoms with E-state index in [0.29, 0.717) is 6.61 Å². The molecule has 0 radical (unpaired) electrons. The van der Waals surface area contributed by atoms with Gasteiger partial charge in [-0.3, -0.25) is 0 Å². The number of likely N-dealkylation sites (tertiary alicyclic amines) is 1. The molecule has 1 aromatic carbocycles. The third kappa shape index (κ3) is 7.76. The minimum absolute atomic E-state index is 0.0159. The van der Waals surface area contributed by atoms with Crippen LogP contribution in [0.1, 0.15) is 66.4 Å². The monoisotopic (exact) mass is 514 g/mol. The largest absolute Gasteiger partial charge is 0.528 e. The Bertz CT molecular complexity index is 1000. The van der Waals surface area contributed by atoms with Gasteiger partial charge in [0.15, 0.2) is 0 Å². The number of rotatable bonds is 6. The highest BCUT2D eigenvalue weighted by Gasteiger charge is 2.65. The van der Waals surface area contributed by atoms with E-state index in [9.17, 15) is 14.4 Å². The van der Waals surface area contributed by atoms with E-state index >= 15 is 0 Å². The van der Waals surface area contributed by atoms with Crippen LogP contribution in [0.25, 0.3) is 0 Å². The highest BCUT2D eigenvalue weighted by Crippen LogP contribution is 2.36. The number of imide groups is 1. The van der Waals surface area contributed by atoms with Crippen molar-refractivity contribution in [2.45, 2.75) is 90.8 Å². The molecule has 2 amide bonds. The summed E-state index contributed by atoms with van der Waals surface area (Å²) in [5.41, 5.74) is 0.0400. The Morgan fingerprint density at radius 3 is 2.05 bits per heavy atom. The molecule has 2 aliphatic rings. The number of hydrogen-bond acceptors (Lipinski definition) is 7. The van der Waals surface area contributed by atoms with Crippen molar-refractivity contribution in [3.63, 3.8) is 0 Å². The number of hydrogen-bond donors (Lipinski definition) is 0. The molecule has 1 unspecified atom stereocenters. The molecule has 2 atom stereocenters. The van der Waals surface area contributed by atoms with Gasteiger partial charge in [0.05, 0.1) is 6.61 Å². The molecule has 3 rings (SSSR count). The van der Waals surface area contributed by atoms with Gasteiger partial charge in [-0.05, 0) is 65.5 Å². The first kappa shape index (κ1) is 28.6. The first-order chi connectivity index (χ1) is 17.3. The van der Waals surface area contributed by atoms with Crippen LogP contribution in [0.4, 0.5) is 9.59 Å². The molecule has 0 saturated carbocycles. The van der Waals surface area contributed by atoms with Gasteiger partial charge < -0.3 is 18.9 Å². The Balaban J connectivity index is 1.92. The second kappa shape index (κ2) is 11.6. The van der Waals surface area contributed by atoms with Gasteiger partial charge in [-0.25, -0.2) is 4.79 Å². The standard InChI is InChI=1S/C29H40NO7/c1-28(2,3)36-26(32)30(27(33)37-29(4,5)6)18-23(34-19-21-13-9-7-10-14-21)17-24(30)25(31)35-20-22-15-11-8-12-16-22/h8-9,11-16,23-24H,7,10,17-20H2,1-6H3/q+1/t23?,24-/m1/s1. The van der Waals surface area contributed by atoms with Crippen LogP contribution in [0.3, 0.4) is 0 Å². The maximum absolute atomic E-state index is 13.7. The Hall–Kier alpha value is -2.97. The summed E-state index contributed by atoms with van der Waals surface area (Å²) in [5.74, 6) is -0.677. The summed E-state index contributed by atoms with van der Waals surface area (Å²) in [6.07, 6.45) is 5.95. The van der Waals surface area contributed by atoms with Crippen LogP contribution >= 0.6 is 0 Å². The summed E-state index contributed by atoms with van der Waals surface area (Å²) in [6.45, 7) is 10.5. The van der Waals surface area contributed by atoms with Gasteiger partial charge in [0.1, 0.15) is 30.5 Å². The number of carbonyl (C=O) groups excluding carboxylic acids is 3. The topological polar surface area (TPSA) is 88.1 Å². The van der Waals surface area contributed by atoms with E-state index < -0.39 is 46.0 Å². The second-order valence-electron chi connectivity index (χ2n) is 11.5. The Labute approximate surface area is 219 Å². The molecular formula is C29H40NO7+. The van der Waals surface area contributed by atoms with Gasteiger partial charge in [0, 0.05) is 6.42 Å². The van der Waals surface area contributed by atoms with Crippen LogP contribution in [-0.4, -0.2) is 59.1 Å². The average Bonchev–Trinajstić information content (AvgIpc) is 3.22. The van der Waals surface area contributed by atoms with Crippen molar-refractivity contribution in [3.8, 4) is 0 Å². The number of benzene rings is 1. The maximum Gasteiger partial charge on any atom is 0.528 e. The molecule has 1 fully saturated rings. The zero-order valence-corrected chi connectivity index (χ0v) is 22.8. The normalized spacial score (nSPS) is 21.2. The Morgan fingerprint density at radius 1 is 0.892 bits per heavy atom. The van der Waals surface area contributed by atoms with E-state index in [1.54, 1.807) is 41.5 Å². The molecule has 37 heavy (non-hydrogen) atoms. The second-order valence-corrected chi connectivity index (χ2v) is 11.5. The van der Waals surface area contributed by atoms with Crippen molar-refractivity contribution in [3.05, 3.63) is 59.7 Å². The van der Waals surface area contributed by atoms with Crippen LogP contribution in [0, 0.1) is 0 Å². The van der Waals surface area contributed by atoms with Gasteiger partial charge >= 0.3 is 18.2 Å². The van der Waals surface area contributed by atoms with Crippen LogP contribution in [0.2, 0.25) is 0 Å². The average molecular weight is 515 g/mol. The third-order valence-electron chi connectivity index (χ3n) is 6.00. The fraction of sp³-hybridized carbons (Fsp3) is 0.552. The molecular weight excluding hydrogens is 474 g/mol. The summed E-state index contributed by atoms with van der Waals surface area (Å²) >= 11 is 0. The predicted octanol–water partition coefficient (Wildman–Crippen LogP) is 5.85. The number of carbonyl (C=O) groups is 3. The maximum atomic E-state index is 13.7. The van der Waals surface area contributed by atoms with Crippen molar-refractivity contribution in [2.75, 3.05) is 13.2 Å². The quantitative estimate of drug-likeness (QED) is 0.267. The summed E-state index contributed by atoms with van der Waals surface area (Å²) in [4.78, 5) is 40.9. The van der Waals surface area contributed by atoms with Crippen molar-refractivity contribution < 1.29 is 37.8 Å². The molecule has 1 heterocycles. The van der Waals surface area contributed by atoms with Crippen molar-refractivity contribution >= 4 is 18.2 Å². The molecule has 1 saturated heterocycles. The number of amides is 2. The highest BCUT2D eigenvalue weighted by molar-refractivity contribution is 5.85. The lowest BCUT2D eigenvalue weighted by Gasteiger charge is -2.34. The number of ether oxygens (including phenoxy) is 4. The number of nitrogens with zero attached hydrogens (tertiary/aromatic N) is 1.